The Morgan fingerprint density at radius 1 is 0.375 bits per heavy atom. The van der Waals surface area contributed by atoms with Crippen LogP contribution in [0, 0.1) is 0 Å². The van der Waals surface area contributed by atoms with E-state index in [4.69, 9.17) is 18.9 Å². The fraction of sp³-hybridized carbons (Fsp3) is 0.449. The molecule has 0 saturated heterocycles. The third-order valence-corrected chi connectivity index (χ3v) is 17.6. The van der Waals surface area contributed by atoms with E-state index < -0.39 is 0 Å². The molecule has 10 nitrogen and oxygen atoms in total. The number of nitrogens with zero attached hydrogens (tertiary/aromatic N) is 4. The fourth-order valence-electron chi connectivity index (χ4n) is 12.2. The Morgan fingerprint density at radius 2 is 0.648 bits per heavy atom. The van der Waals surface area contributed by atoms with Crippen LogP contribution in [0.4, 0.5) is 0 Å². The Balaban J connectivity index is 1.36. The smallest absolute Gasteiger partial charge is 0.131 e. The largest absolute Gasteiger partial charge is 0.507 e. The lowest BCUT2D eigenvalue weighted by atomic mass is 9.79. The lowest BCUT2D eigenvalue weighted by Gasteiger charge is -2.28. The zero-order valence-corrected chi connectivity index (χ0v) is 56.8. The highest BCUT2D eigenvalue weighted by atomic mass is 16.5. The minimum atomic E-state index is -0.252. The first-order valence-electron chi connectivity index (χ1n) is 31.5. The van der Waals surface area contributed by atoms with Crippen LogP contribution >= 0.6 is 0 Å². The Kier molecular flexibility index (Phi) is 18.0. The summed E-state index contributed by atoms with van der Waals surface area (Å²) < 4.78 is 29.0. The summed E-state index contributed by atoms with van der Waals surface area (Å²) in [5, 5.41) is 34.9. The van der Waals surface area contributed by atoms with Gasteiger partial charge in [0.1, 0.15) is 46.8 Å². The summed E-state index contributed by atoms with van der Waals surface area (Å²) in [5.74, 6) is 3.59. The van der Waals surface area contributed by atoms with Gasteiger partial charge in [0.2, 0.25) is 0 Å². The Hall–Kier alpha value is -7.59. The van der Waals surface area contributed by atoms with Gasteiger partial charge in [0.15, 0.2) is 0 Å². The second-order valence-corrected chi connectivity index (χ2v) is 30.9. The van der Waals surface area contributed by atoms with Crippen LogP contribution in [0.3, 0.4) is 0 Å². The van der Waals surface area contributed by atoms with Crippen LogP contribution in [0.15, 0.2) is 103 Å². The van der Waals surface area contributed by atoms with Crippen molar-refractivity contribution in [1.29, 1.82) is 0 Å². The van der Waals surface area contributed by atoms with E-state index >= 15 is 0 Å². The third kappa shape index (κ3) is 14.3. The van der Waals surface area contributed by atoms with E-state index in [1.807, 2.05) is 29.1 Å². The van der Waals surface area contributed by atoms with Crippen LogP contribution in [-0.4, -0.2) is 58.1 Å². The molecule has 0 aliphatic heterocycles. The van der Waals surface area contributed by atoms with Gasteiger partial charge < -0.3 is 29.2 Å². The third-order valence-electron chi connectivity index (χ3n) is 17.6. The Bertz CT molecular complexity index is 3680. The second-order valence-electron chi connectivity index (χ2n) is 30.9. The van der Waals surface area contributed by atoms with Crippen LogP contribution in [0.25, 0.3) is 11.4 Å². The first kappa shape index (κ1) is 64.9. The van der Waals surface area contributed by atoms with E-state index in [2.05, 4.69) is 213 Å². The molecule has 0 fully saturated rings. The van der Waals surface area contributed by atoms with Crippen molar-refractivity contribution < 1.29 is 29.2 Å². The molecule has 2 aromatic heterocycles. The summed E-state index contributed by atoms with van der Waals surface area (Å²) in [5.41, 5.74) is 18.1. The van der Waals surface area contributed by atoms with Crippen molar-refractivity contribution in [2.24, 2.45) is 0 Å². The number of methoxy groups -OCH3 is 3. The number of phenols is 2. The van der Waals surface area contributed by atoms with E-state index in [-0.39, 0.29) is 44.0 Å². The molecule has 1 aliphatic carbocycles. The molecule has 0 unspecified atom stereocenters. The van der Waals surface area contributed by atoms with Crippen molar-refractivity contribution >= 4 is 0 Å². The molecule has 0 amide bonds. The molecule has 9 rings (SSSR count). The number of hydrogen-bond donors (Lipinski definition) is 2. The molecule has 0 spiro atoms. The number of fused-ring (bicyclic) bond motifs is 12. The zero-order chi connectivity index (χ0) is 64.2. The van der Waals surface area contributed by atoms with E-state index in [0.717, 1.165) is 123 Å². The van der Waals surface area contributed by atoms with Crippen LogP contribution in [0.5, 0.6) is 34.5 Å². The zero-order valence-electron chi connectivity index (χ0n) is 56.8. The van der Waals surface area contributed by atoms with E-state index in [1.54, 1.807) is 27.5 Å². The lowest BCUT2D eigenvalue weighted by molar-refractivity contribution is 0.284. The van der Waals surface area contributed by atoms with Crippen molar-refractivity contribution in [3.63, 3.8) is 0 Å². The van der Waals surface area contributed by atoms with E-state index in [9.17, 15) is 10.2 Å². The van der Waals surface area contributed by atoms with E-state index in [1.165, 1.54) is 5.56 Å². The molecule has 6 aromatic carbocycles. The average molecular weight is 1190 g/mol. The number of rotatable bonds is 8. The summed E-state index contributed by atoms with van der Waals surface area (Å²) in [6.07, 6.45) is 6.32. The predicted molar refractivity (Wildman–Crippen MR) is 359 cm³/mol. The summed E-state index contributed by atoms with van der Waals surface area (Å²) in [7, 11) is 5.29. The SMILES string of the molecule is COc1c2cc(C(C)(C)C)cc1Cc1cc(C(C)(C)C)cc(c1O)Cc1cc(C(C)(C)C)cc(c1OC)Cc1cc(C(C)(C)C)cc(c1OCCn1cc(-c3ccccn3)nn1)Cc1cc(C(C)(C)C)cc(c1OC)Cc1cc(C(C)(C)C)cc(c1O)C2. The maximum atomic E-state index is 13.0. The molecule has 466 valence electrons. The highest BCUT2D eigenvalue weighted by Gasteiger charge is 2.31. The second kappa shape index (κ2) is 24.4. The minimum Gasteiger partial charge on any atom is -0.507 e. The summed E-state index contributed by atoms with van der Waals surface area (Å²) in [6.45, 7) is 41.2. The molecular formula is C78H98N4O6. The first-order chi connectivity index (χ1) is 41.0. The van der Waals surface area contributed by atoms with Gasteiger partial charge in [-0.3, -0.25) is 4.98 Å². The van der Waals surface area contributed by atoms with Crippen molar-refractivity contribution in [1.82, 2.24) is 20.0 Å². The van der Waals surface area contributed by atoms with Gasteiger partial charge in [0.05, 0.1) is 39.8 Å². The van der Waals surface area contributed by atoms with Gasteiger partial charge in [-0.2, -0.15) is 0 Å². The highest BCUT2D eigenvalue weighted by Crippen LogP contribution is 2.46. The molecule has 0 radical (unpaired) electrons. The summed E-state index contributed by atoms with van der Waals surface area (Å²) >= 11 is 0. The summed E-state index contributed by atoms with van der Waals surface area (Å²) in [6, 6.07) is 32.9. The molecule has 10 heteroatoms. The number of aromatic nitrogens is 4. The van der Waals surface area contributed by atoms with Gasteiger partial charge in [-0.05, 0) is 145 Å². The van der Waals surface area contributed by atoms with Gasteiger partial charge in [0, 0.05) is 44.7 Å². The first-order valence-corrected chi connectivity index (χ1v) is 31.5. The van der Waals surface area contributed by atoms with Crippen LogP contribution in [0.1, 0.15) is 225 Å². The minimum absolute atomic E-state index is 0.233. The highest BCUT2D eigenvalue weighted by molar-refractivity contribution is 5.61. The van der Waals surface area contributed by atoms with Crippen LogP contribution in [0.2, 0.25) is 0 Å². The maximum absolute atomic E-state index is 13.0. The standard InChI is InChI=1S/C78H98N4O6/c1-73(2,3)59-34-47-28-51-38-61(75(7,8)9)39-52(69(51)85-19)29-48-35-60(74(4,5)6)37-50(68(48)84)31-54-41-63(77(13,14)15)43-56(71(54)87-21)33-58-45-64(78(16,17)18)44-57(72(58)88-27-26-82-46-66(80-81-82)65-24-22-23-25-79-65)32-55-42-62(76(10,11)12)40-53(70(55)86-20)30-49(36-59)67(47)83/h22-25,34-46,83-84H,26-33H2,1-21H3. The van der Waals surface area contributed by atoms with E-state index in [0.29, 0.717) is 57.4 Å². The molecule has 1 aliphatic rings. The van der Waals surface area contributed by atoms with Gasteiger partial charge in [-0.15, -0.1) is 5.10 Å². The molecule has 8 aromatic rings. The molecule has 0 saturated carbocycles. The van der Waals surface area contributed by atoms with Gasteiger partial charge in [-0.1, -0.05) is 209 Å². The molecule has 2 N–H and O–H groups in total. The maximum Gasteiger partial charge on any atom is 0.131 e. The number of phenolic OH excluding ortho intramolecular Hbond substituents is 2. The van der Waals surface area contributed by atoms with Gasteiger partial charge in [0.25, 0.3) is 0 Å². The quantitative estimate of drug-likeness (QED) is 0.153. The average Bonchev–Trinajstić information content (AvgIpc) is 1.12. The molecule has 88 heavy (non-hydrogen) atoms. The lowest BCUT2D eigenvalue weighted by Crippen LogP contribution is -2.17. The van der Waals surface area contributed by atoms with Crippen molar-refractivity contribution in [2.45, 2.75) is 202 Å². The van der Waals surface area contributed by atoms with Crippen molar-refractivity contribution in [3.8, 4) is 45.9 Å². The van der Waals surface area contributed by atoms with Crippen molar-refractivity contribution in [2.75, 3.05) is 27.9 Å². The van der Waals surface area contributed by atoms with Gasteiger partial charge in [-0.25, -0.2) is 4.68 Å². The Labute approximate surface area is 526 Å². The topological polar surface area (TPSA) is 121 Å². The Morgan fingerprint density at radius 3 is 0.909 bits per heavy atom. The number of benzene rings is 6. The van der Waals surface area contributed by atoms with Crippen molar-refractivity contribution in [3.05, 3.63) is 204 Å². The molecular weight excluding hydrogens is 1090 g/mol. The summed E-state index contributed by atoms with van der Waals surface area (Å²) in [4.78, 5) is 4.53. The van der Waals surface area contributed by atoms with Crippen LogP contribution < -0.4 is 18.9 Å². The monoisotopic (exact) mass is 1190 g/mol. The van der Waals surface area contributed by atoms with Gasteiger partial charge >= 0.3 is 0 Å². The predicted octanol–water partition coefficient (Wildman–Crippen LogP) is 17.5. The molecule has 2 heterocycles. The van der Waals surface area contributed by atoms with Crippen LogP contribution in [-0.2, 0) is 77.6 Å². The number of pyridine rings is 1. The number of ether oxygens (including phenoxy) is 4. The molecule has 12 bridgehead atoms. The normalized spacial score (nSPS) is 13.6. The molecule has 0 atom stereocenters. The fourth-order valence-corrected chi connectivity index (χ4v) is 12.2. The number of hydrogen-bond acceptors (Lipinski definition) is 9. The number of aromatic hydroxyl groups is 2.